The summed E-state index contributed by atoms with van der Waals surface area (Å²) >= 11 is 0. The number of rotatable bonds is 6. The summed E-state index contributed by atoms with van der Waals surface area (Å²) in [6.07, 6.45) is 4.93. The summed E-state index contributed by atoms with van der Waals surface area (Å²) in [6, 6.07) is 2.24. The molecule has 86 valence electrons. The molecule has 0 bridgehead atoms. The maximum Gasteiger partial charge on any atom is 0.0558 e. The fraction of sp³-hybridized carbons (Fsp3) is 0.727. The van der Waals surface area contributed by atoms with Gasteiger partial charge < -0.3 is 10.5 Å². The molecule has 2 unspecified atom stereocenters. The highest BCUT2D eigenvalue weighted by Crippen LogP contribution is 2.07. The van der Waals surface area contributed by atoms with Gasteiger partial charge in [-0.25, -0.2) is 0 Å². The summed E-state index contributed by atoms with van der Waals surface area (Å²) in [7, 11) is 3.68. The van der Waals surface area contributed by atoms with E-state index in [0.29, 0.717) is 0 Å². The van der Waals surface area contributed by atoms with E-state index in [4.69, 9.17) is 10.5 Å². The first-order valence-electron chi connectivity index (χ1n) is 5.38. The van der Waals surface area contributed by atoms with E-state index in [1.54, 1.807) is 7.11 Å². The predicted molar refractivity (Wildman–Crippen MR) is 60.6 cm³/mol. The number of aryl methyl sites for hydroxylation is 2. The Morgan fingerprint density at radius 3 is 2.87 bits per heavy atom. The van der Waals surface area contributed by atoms with Crippen molar-refractivity contribution in [2.24, 2.45) is 12.8 Å². The molecule has 0 spiro atoms. The third kappa shape index (κ3) is 4.01. The van der Waals surface area contributed by atoms with Crippen molar-refractivity contribution in [3.05, 3.63) is 18.0 Å². The number of nitrogens with two attached hydrogens (primary N) is 1. The molecule has 1 heterocycles. The summed E-state index contributed by atoms with van der Waals surface area (Å²) in [5, 5.41) is 4.12. The van der Waals surface area contributed by atoms with Crippen molar-refractivity contribution in [1.29, 1.82) is 0 Å². The van der Waals surface area contributed by atoms with Crippen LogP contribution >= 0.6 is 0 Å². The minimum absolute atomic E-state index is 0.204. The first-order valence-corrected chi connectivity index (χ1v) is 5.38. The fourth-order valence-electron chi connectivity index (χ4n) is 1.62. The molecule has 0 aromatic carbocycles. The van der Waals surface area contributed by atoms with E-state index in [1.165, 1.54) is 5.69 Å². The lowest BCUT2D eigenvalue weighted by molar-refractivity contribution is 0.104. The van der Waals surface area contributed by atoms with Crippen LogP contribution in [0, 0.1) is 0 Å². The zero-order valence-electron chi connectivity index (χ0n) is 9.81. The summed E-state index contributed by atoms with van der Waals surface area (Å²) in [6.45, 7) is 2.05. The lowest BCUT2D eigenvalue weighted by Gasteiger charge is -2.15. The number of hydrogen-bond acceptors (Lipinski definition) is 3. The topological polar surface area (TPSA) is 53.1 Å². The Balaban J connectivity index is 2.28. The Morgan fingerprint density at radius 2 is 2.33 bits per heavy atom. The molecule has 1 rings (SSSR count). The van der Waals surface area contributed by atoms with E-state index in [2.05, 4.69) is 5.10 Å². The monoisotopic (exact) mass is 211 g/mol. The highest BCUT2D eigenvalue weighted by Gasteiger charge is 2.09. The van der Waals surface area contributed by atoms with Gasteiger partial charge in [-0.3, -0.25) is 4.68 Å². The van der Waals surface area contributed by atoms with Gasteiger partial charge in [-0.2, -0.15) is 5.10 Å². The second-order valence-corrected chi connectivity index (χ2v) is 4.03. The van der Waals surface area contributed by atoms with Crippen molar-refractivity contribution in [3.8, 4) is 0 Å². The molecule has 2 atom stereocenters. The Hall–Kier alpha value is -0.870. The second kappa shape index (κ2) is 5.88. The van der Waals surface area contributed by atoms with Crippen LogP contribution in [0.5, 0.6) is 0 Å². The molecule has 0 fully saturated rings. The molecule has 1 aromatic heterocycles. The number of aromatic nitrogens is 2. The lowest BCUT2D eigenvalue weighted by atomic mass is 10.0. The molecule has 0 amide bonds. The Morgan fingerprint density at radius 1 is 1.60 bits per heavy atom. The third-order valence-electron chi connectivity index (χ3n) is 2.73. The van der Waals surface area contributed by atoms with Crippen molar-refractivity contribution in [1.82, 2.24) is 9.78 Å². The summed E-state index contributed by atoms with van der Waals surface area (Å²) < 4.78 is 7.08. The Bertz CT molecular complexity index is 285. The largest absolute Gasteiger partial charge is 0.382 e. The van der Waals surface area contributed by atoms with Gasteiger partial charge in [0.25, 0.3) is 0 Å². The second-order valence-electron chi connectivity index (χ2n) is 4.03. The van der Waals surface area contributed by atoms with Crippen molar-refractivity contribution in [3.63, 3.8) is 0 Å². The highest BCUT2D eigenvalue weighted by molar-refractivity contribution is 5.00. The fourth-order valence-corrected chi connectivity index (χ4v) is 1.62. The van der Waals surface area contributed by atoms with E-state index in [1.807, 2.05) is 30.9 Å². The summed E-state index contributed by atoms with van der Waals surface area (Å²) in [5.74, 6) is 0. The number of methoxy groups -OCH3 is 1. The number of ether oxygens (including phenoxy) is 1. The maximum absolute atomic E-state index is 6.01. The Kier molecular flexibility index (Phi) is 4.78. The van der Waals surface area contributed by atoms with Gasteiger partial charge in [0.2, 0.25) is 0 Å². The van der Waals surface area contributed by atoms with Gasteiger partial charge in [0.05, 0.1) is 6.10 Å². The van der Waals surface area contributed by atoms with Crippen LogP contribution in [0.3, 0.4) is 0 Å². The molecular weight excluding hydrogens is 190 g/mol. The van der Waals surface area contributed by atoms with Crippen LogP contribution in [-0.2, 0) is 18.2 Å². The van der Waals surface area contributed by atoms with Crippen LogP contribution < -0.4 is 5.73 Å². The predicted octanol–water partition coefficient (Wildman–Crippen LogP) is 1.10. The SMILES string of the molecule is COC(C)CC(N)CCc1ccnn1C. The zero-order valence-corrected chi connectivity index (χ0v) is 9.81. The van der Waals surface area contributed by atoms with E-state index in [9.17, 15) is 0 Å². The van der Waals surface area contributed by atoms with Crippen LogP contribution in [0.2, 0.25) is 0 Å². The lowest BCUT2D eigenvalue weighted by Crippen LogP contribution is -2.26. The normalized spacial score (nSPS) is 15.2. The van der Waals surface area contributed by atoms with Gasteiger partial charge >= 0.3 is 0 Å². The van der Waals surface area contributed by atoms with Crippen molar-refractivity contribution >= 4 is 0 Å². The first-order chi connectivity index (χ1) is 7.13. The molecule has 0 saturated carbocycles. The molecule has 4 heteroatoms. The van der Waals surface area contributed by atoms with E-state index in [-0.39, 0.29) is 12.1 Å². The number of hydrogen-bond donors (Lipinski definition) is 1. The van der Waals surface area contributed by atoms with E-state index < -0.39 is 0 Å². The quantitative estimate of drug-likeness (QED) is 0.766. The minimum Gasteiger partial charge on any atom is -0.382 e. The van der Waals surface area contributed by atoms with Gasteiger partial charge in [0.1, 0.15) is 0 Å². The van der Waals surface area contributed by atoms with Crippen molar-refractivity contribution < 1.29 is 4.74 Å². The Labute approximate surface area is 91.4 Å². The van der Waals surface area contributed by atoms with E-state index in [0.717, 1.165) is 19.3 Å². The molecule has 0 aliphatic rings. The van der Waals surface area contributed by atoms with Gasteiger partial charge in [0.15, 0.2) is 0 Å². The standard InChI is InChI=1S/C11H21N3O/c1-9(15-3)8-10(12)4-5-11-6-7-13-14(11)2/h6-7,9-10H,4-5,8,12H2,1-3H3. The summed E-state index contributed by atoms with van der Waals surface area (Å²) in [5.41, 5.74) is 7.24. The molecule has 0 aliphatic heterocycles. The molecule has 1 aromatic rings. The first kappa shape index (κ1) is 12.2. The van der Waals surface area contributed by atoms with Gasteiger partial charge in [-0.05, 0) is 32.3 Å². The molecule has 4 nitrogen and oxygen atoms in total. The average Bonchev–Trinajstić information content (AvgIpc) is 2.61. The maximum atomic E-state index is 6.01. The van der Waals surface area contributed by atoms with Crippen molar-refractivity contribution in [2.45, 2.75) is 38.3 Å². The van der Waals surface area contributed by atoms with Gasteiger partial charge in [-0.15, -0.1) is 0 Å². The van der Waals surface area contributed by atoms with Crippen LogP contribution in [-0.4, -0.2) is 29.0 Å². The highest BCUT2D eigenvalue weighted by atomic mass is 16.5. The van der Waals surface area contributed by atoms with Crippen LogP contribution in [0.25, 0.3) is 0 Å². The van der Waals surface area contributed by atoms with Crippen LogP contribution in [0.4, 0.5) is 0 Å². The van der Waals surface area contributed by atoms with E-state index >= 15 is 0 Å². The molecule has 0 aliphatic carbocycles. The molecule has 0 radical (unpaired) electrons. The zero-order chi connectivity index (χ0) is 11.3. The summed E-state index contributed by atoms with van der Waals surface area (Å²) in [4.78, 5) is 0. The minimum atomic E-state index is 0.204. The van der Waals surface area contributed by atoms with Crippen LogP contribution in [0.15, 0.2) is 12.3 Å². The number of nitrogens with zero attached hydrogens (tertiary/aromatic N) is 2. The van der Waals surface area contributed by atoms with Crippen molar-refractivity contribution in [2.75, 3.05) is 7.11 Å². The molecular formula is C11H21N3O. The third-order valence-corrected chi connectivity index (χ3v) is 2.73. The average molecular weight is 211 g/mol. The molecule has 2 N–H and O–H groups in total. The molecule has 0 saturated heterocycles. The molecule has 15 heavy (non-hydrogen) atoms. The van der Waals surface area contributed by atoms with Gasteiger partial charge in [0, 0.05) is 32.1 Å². The smallest absolute Gasteiger partial charge is 0.0558 e. The van der Waals surface area contributed by atoms with Gasteiger partial charge in [-0.1, -0.05) is 0 Å². The van der Waals surface area contributed by atoms with Crippen LogP contribution in [0.1, 0.15) is 25.5 Å².